The summed E-state index contributed by atoms with van der Waals surface area (Å²) in [5, 5.41) is 13.5. The zero-order valence-electron chi connectivity index (χ0n) is 13.6. The van der Waals surface area contributed by atoms with E-state index in [-0.39, 0.29) is 10.6 Å². The smallest absolute Gasteiger partial charge is 0.276 e. The molecule has 0 unspecified atom stereocenters. The maximum atomic E-state index is 12.1. The van der Waals surface area contributed by atoms with Crippen LogP contribution in [-0.2, 0) is 14.6 Å². The second-order valence-corrected chi connectivity index (χ2v) is 7.40. The molecule has 1 N–H and O–H groups in total. The normalized spacial score (nSPS) is 11.4. The van der Waals surface area contributed by atoms with E-state index in [0.717, 1.165) is 12.3 Å². The molecule has 8 heteroatoms. The fourth-order valence-corrected chi connectivity index (χ4v) is 2.75. The summed E-state index contributed by atoms with van der Waals surface area (Å²) in [6.07, 6.45) is 3.58. The van der Waals surface area contributed by atoms with E-state index in [0.29, 0.717) is 16.8 Å². The lowest BCUT2D eigenvalue weighted by atomic mass is 10.1. The quantitative estimate of drug-likeness (QED) is 0.501. The van der Waals surface area contributed by atoms with Gasteiger partial charge in [0.1, 0.15) is 0 Å². The molecule has 2 aromatic carbocycles. The zero-order valence-corrected chi connectivity index (χ0v) is 14.4. The van der Waals surface area contributed by atoms with Gasteiger partial charge in [0, 0.05) is 24.1 Å². The van der Waals surface area contributed by atoms with Gasteiger partial charge in [0.15, 0.2) is 9.84 Å². The molecule has 0 saturated heterocycles. The van der Waals surface area contributed by atoms with Crippen LogP contribution in [-0.4, -0.2) is 25.5 Å². The lowest BCUT2D eigenvalue weighted by Crippen LogP contribution is -2.10. The summed E-state index contributed by atoms with van der Waals surface area (Å²) in [5.74, 6) is -0.521. The molecule has 1 amide bonds. The number of anilines is 1. The lowest BCUT2D eigenvalue weighted by molar-refractivity contribution is -0.385. The van der Waals surface area contributed by atoms with Gasteiger partial charge < -0.3 is 5.32 Å². The average molecular weight is 360 g/mol. The van der Waals surface area contributed by atoms with Crippen LogP contribution in [0.1, 0.15) is 11.1 Å². The number of carbonyl (C=O) groups excluding carboxylic acids is 1. The summed E-state index contributed by atoms with van der Waals surface area (Å²) in [5.41, 5.74) is 1.24. The molecule has 0 radical (unpaired) electrons. The highest BCUT2D eigenvalue weighted by Gasteiger charge is 2.12. The highest BCUT2D eigenvalue weighted by Crippen LogP contribution is 2.21. The molecular weight excluding hydrogens is 344 g/mol. The van der Waals surface area contributed by atoms with E-state index >= 15 is 0 Å². The molecule has 2 rings (SSSR count). The van der Waals surface area contributed by atoms with E-state index in [4.69, 9.17) is 0 Å². The first kappa shape index (κ1) is 18.3. The Morgan fingerprint density at radius 3 is 2.52 bits per heavy atom. The molecule has 0 spiro atoms. The third kappa shape index (κ3) is 4.74. The molecule has 25 heavy (non-hydrogen) atoms. The van der Waals surface area contributed by atoms with Crippen LogP contribution in [0, 0.1) is 17.0 Å². The first-order valence-electron chi connectivity index (χ1n) is 7.21. The molecule has 0 saturated carbocycles. The number of aryl methyl sites for hydroxylation is 1. The van der Waals surface area contributed by atoms with Crippen LogP contribution in [0.25, 0.3) is 6.08 Å². The molecule has 7 nitrogen and oxygen atoms in total. The number of para-hydroxylation sites is 1. The van der Waals surface area contributed by atoms with Crippen molar-refractivity contribution in [1.82, 2.24) is 0 Å². The monoisotopic (exact) mass is 360 g/mol. The van der Waals surface area contributed by atoms with Crippen LogP contribution in [0.5, 0.6) is 0 Å². The summed E-state index contributed by atoms with van der Waals surface area (Å²) in [4.78, 5) is 22.6. The molecule has 2 aromatic rings. The van der Waals surface area contributed by atoms with Crippen molar-refractivity contribution in [1.29, 1.82) is 0 Å². The highest BCUT2D eigenvalue weighted by molar-refractivity contribution is 7.90. The fraction of sp³-hybridized carbons (Fsp3) is 0.118. The first-order chi connectivity index (χ1) is 11.7. The van der Waals surface area contributed by atoms with Crippen LogP contribution in [0.3, 0.4) is 0 Å². The summed E-state index contributed by atoms with van der Waals surface area (Å²) in [7, 11) is -3.39. The number of hydrogen-bond acceptors (Lipinski definition) is 5. The van der Waals surface area contributed by atoms with Crippen molar-refractivity contribution < 1.29 is 18.1 Å². The number of benzene rings is 2. The molecule has 0 atom stereocenters. The highest BCUT2D eigenvalue weighted by atomic mass is 32.2. The largest absolute Gasteiger partial charge is 0.322 e. The van der Waals surface area contributed by atoms with Gasteiger partial charge >= 0.3 is 0 Å². The van der Waals surface area contributed by atoms with Crippen molar-refractivity contribution in [2.24, 2.45) is 0 Å². The van der Waals surface area contributed by atoms with Gasteiger partial charge in [-0.2, -0.15) is 0 Å². The van der Waals surface area contributed by atoms with Crippen LogP contribution in [0.2, 0.25) is 0 Å². The number of nitro benzene ring substituents is 1. The SMILES string of the molecule is Cc1ccc(S(C)(=O)=O)cc1NC(=O)/C=C/c1ccccc1[N+](=O)[O-]. The van der Waals surface area contributed by atoms with E-state index in [2.05, 4.69) is 5.32 Å². The van der Waals surface area contributed by atoms with Crippen molar-refractivity contribution in [3.63, 3.8) is 0 Å². The first-order valence-corrected chi connectivity index (χ1v) is 9.11. The van der Waals surface area contributed by atoms with Crippen LogP contribution in [0.4, 0.5) is 11.4 Å². The van der Waals surface area contributed by atoms with Gasteiger partial charge in [0.2, 0.25) is 5.91 Å². The summed E-state index contributed by atoms with van der Waals surface area (Å²) < 4.78 is 23.2. The molecule has 130 valence electrons. The third-order valence-electron chi connectivity index (χ3n) is 3.44. The molecule has 0 fully saturated rings. The Hall–Kier alpha value is -3.00. The Bertz CT molecular complexity index is 965. The molecule has 0 aliphatic rings. The Morgan fingerprint density at radius 2 is 1.88 bits per heavy atom. The minimum absolute atomic E-state index is 0.0936. The molecule has 0 aliphatic carbocycles. The predicted molar refractivity (Wildman–Crippen MR) is 95.0 cm³/mol. The topological polar surface area (TPSA) is 106 Å². The number of rotatable bonds is 5. The fourth-order valence-electron chi connectivity index (χ4n) is 2.10. The Morgan fingerprint density at radius 1 is 1.20 bits per heavy atom. The van der Waals surface area contributed by atoms with Crippen molar-refractivity contribution in [3.8, 4) is 0 Å². The number of nitro groups is 1. The second-order valence-electron chi connectivity index (χ2n) is 5.39. The van der Waals surface area contributed by atoms with Crippen LogP contribution in [0.15, 0.2) is 53.4 Å². The van der Waals surface area contributed by atoms with Gasteiger partial charge in [-0.05, 0) is 36.8 Å². The standard InChI is InChI=1S/C17H16N2O5S/c1-12-7-9-14(25(2,23)24)11-15(12)18-17(20)10-8-13-5-3-4-6-16(13)19(21)22/h3-11H,1-2H3,(H,18,20)/b10-8+. The number of amides is 1. The van der Waals surface area contributed by atoms with Gasteiger partial charge in [-0.3, -0.25) is 14.9 Å². The van der Waals surface area contributed by atoms with Gasteiger partial charge in [-0.25, -0.2) is 8.42 Å². The Balaban J connectivity index is 2.23. The molecule has 0 bridgehead atoms. The number of hydrogen-bond donors (Lipinski definition) is 1. The summed E-state index contributed by atoms with van der Waals surface area (Å²) in [6.45, 7) is 1.73. The van der Waals surface area contributed by atoms with Gasteiger partial charge in [0.05, 0.1) is 15.4 Å². The lowest BCUT2D eigenvalue weighted by Gasteiger charge is -2.08. The average Bonchev–Trinajstić information content (AvgIpc) is 2.54. The minimum Gasteiger partial charge on any atom is -0.322 e. The van der Waals surface area contributed by atoms with E-state index in [1.807, 2.05) is 0 Å². The zero-order chi connectivity index (χ0) is 18.6. The van der Waals surface area contributed by atoms with E-state index in [1.54, 1.807) is 19.1 Å². The van der Waals surface area contributed by atoms with E-state index in [9.17, 15) is 23.3 Å². The van der Waals surface area contributed by atoms with Crippen molar-refractivity contribution >= 4 is 33.2 Å². The molecule has 0 heterocycles. The predicted octanol–water partition coefficient (Wildman–Crippen LogP) is 2.96. The number of sulfone groups is 1. The van der Waals surface area contributed by atoms with Crippen molar-refractivity contribution in [3.05, 3.63) is 69.8 Å². The second kappa shape index (κ2) is 7.27. The van der Waals surface area contributed by atoms with Crippen LogP contribution >= 0.6 is 0 Å². The van der Waals surface area contributed by atoms with E-state index in [1.165, 1.54) is 36.4 Å². The van der Waals surface area contributed by atoms with Gasteiger partial charge in [-0.15, -0.1) is 0 Å². The van der Waals surface area contributed by atoms with E-state index < -0.39 is 20.7 Å². The van der Waals surface area contributed by atoms with Crippen LogP contribution < -0.4 is 5.32 Å². The molecule has 0 aliphatic heterocycles. The maximum absolute atomic E-state index is 12.1. The number of nitrogens with zero attached hydrogens (tertiary/aromatic N) is 1. The van der Waals surface area contributed by atoms with Gasteiger partial charge in [0.25, 0.3) is 5.69 Å². The maximum Gasteiger partial charge on any atom is 0.276 e. The molecule has 0 aromatic heterocycles. The Labute approximate surface area is 145 Å². The van der Waals surface area contributed by atoms with Gasteiger partial charge in [-0.1, -0.05) is 18.2 Å². The minimum atomic E-state index is -3.39. The Kier molecular flexibility index (Phi) is 5.33. The number of nitrogens with one attached hydrogen (secondary N) is 1. The third-order valence-corrected chi connectivity index (χ3v) is 4.55. The summed E-state index contributed by atoms with van der Waals surface area (Å²) in [6, 6.07) is 10.5. The molecular formula is C17H16N2O5S. The number of carbonyl (C=O) groups is 1. The summed E-state index contributed by atoms with van der Waals surface area (Å²) >= 11 is 0. The van der Waals surface area contributed by atoms with Crippen molar-refractivity contribution in [2.75, 3.05) is 11.6 Å². The van der Waals surface area contributed by atoms with Crippen molar-refractivity contribution in [2.45, 2.75) is 11.8 Å².